The molecule has 0 fully saturated rings. The highest BCUT2D eigenvalue weighted by Gasteiger charge is 2.22. The molecule has 2 aromatic carbocycles. The van der Waals surface area contributed by atoms with Crippen molar-refractivity contribution < 1.29 is 14.3 Å². The van der Waals surface area contributed by atoms with Crippen LogP contribution in [0.1, 0.15) is 18.2 Å². The molecule has 0 radical (unpaired) electrons. The van der Waals surface area contributed by atoms with E-state index < -0.39 is 0 Å². The first kappa shape index (κ1) is 23.7. The quantitative estimate of drug-likeness (QED) is 0.317. The van der Waals surface area contributed by atoms with E-state index in [-0.39, 0.29) is 12.6 Å². The lowest BCUT2D eigenvalue weighted by Gasteiger charge is -2.20. The third-order valence-corrected chi connectivity index (χ3v) is 5.72. The highest BCUT2D eigenvalue weighted by molar-refractivity contribution is 6.34. The van der Waals surface area contributed by atoms with Gasteiger partial charge in [-0.25, -0.2) is 9.78 Å². The van der Waals surface area contributed by atoms with Crippen molar-refractivity contribution in [1.29, 1.82) is 0 Å². The van der Waals surface area contributed by atoms with Crippen molar-refractivity contribution in [3.8, 4) is 11.5 Å². The van der Waals surface area contributed by atoms with E-state index >= 15 is 0 Å². The van der Waals surface area contributed by atoms with E-state index in [1.165, 1.54) is 4.90 Å². The number of nitrogens with one attached hydrogen (secondary N) is 1. The highest BCUT2D eigenvalue weighted by Crippen LogP contribution is 2.30. The molecule has 0 unspecified atom stereocenters. The van der Waals surface area contributed by atoms with Crippen LogP contribution in [0.25, 0.3) is 5.65 Å². The van der Waals surface area contributed by atoms with E-state index in [1.54, 1.807) is 44.5 Å². The number of para-hydroxylation sites is 2. The first-order chi connectivity index (χ1) is 16.4. The number of ether oxygens (including phenoxy) is 2. The van der Waals surface area contributed by atoms with Crippen LogP contribution in [-0.2, 0) is 13.0 Å². The molecule has 9 heteroatoms. The molecule has 2 amide bonds. The number of hydrogen-bond donors (Lipinski definition) is 1. The number of aromatic nitrogens is 2. The number of aryl methyl sites for hydroxylation is 1. The molecule has 2 heterocycles. The zero-order valence-corrected chi connectivity index (χ0v) is 20.5. The fraction of sp³-hybridized carbons (Fsp3) is 0.200. The average Bonchev–Trinajstić information content (AvgIpc) is 3.21. The van der Waals surface area contributed by atoms with Crippen LogP contribution in [0.2, 0.25) is 10.0 Å². The molecule has 34 heavy (non-hydrogen) atoms. The van der Waals surface area contributed by atoms with Crippen LogP contribution in [0.5, 0.6) is 11.5 Å². The van der Waals surface area contributed by atoms with Gasteiger partial charge in [0.15, 0.2) is 11.4 Å². The summed E-state index contributed by atoms with van der Waals surface area (Å²) >= 11 is 12.2. The van der Waals surface area contributed by atoms with Crippen molar-refractivity contribution in [1.82, 2.24) is 9.38 Å². The third-order valence-electron chi connectivity index (χ3n) is 5.28. The summed E-state index contributed by atoms with van der Waals surface area (Å²) in [7, 11) is 3.27. The maximum Gasteiger partial charge on any atom is 0.327 e. The molecule has 1 N–H and O–H groups in total. The van der Waals surface area contributed by atoms with Crippen LogP contribution in [0.4, 0.5) is 16.3 Å². The average molecular weight is 499 g/mol. The second-order valence-electron chi connectivity index (χ2n) is 7.56. The Bertz CT molecular complexity index is 1320. The van der Waals surface area contributed by atoms with E-state index in [0.29, 0.717) is 45.1 Å². The summed E-state index contributed by atoms with van der Waals surface area (Å²) < 4.78 is 13.2. The zero-order chi connectivity index (χ0) is 24.2. The monoisotopic (exact) mass is 498 g/mol. The number of urea groups is 1. The maximum atomic E-state index is 13.1. The van der Waals surface area contributed by atoms with Crippen molar-refractivity contribution in [2.75, 3.05) is 24.4 Å². The lowest BCUT2D eigenvalue weighted by atomic mass is 10.2. The second-order valence-corrected chi connectivity index (χ2v) is 8.43. The van der Waals surface area contributed by atoms with E-state index in [0.717, 1.165) is 11.3 Å². The molecule has 176 valence electrons. The van der Waals surface area contributed by atoms with Crippen LogP contribution >= 0.6 is 23.2 Å². The van der Waals surface area contributed by atoms with E-state index in [1.807, 2.05) is 41.8 Å². The van der Waals surface area contributed by atoms with Gasteiger partial charge in [0.2, 0.25) is 0 Å². The topological polar surface area (TPSA) is 68.1 Å². The van der Waals surface area contributed by atoms with Gasteiger partial charge in [-0.15, -0.1) is 0 Å². The number of nitrogens with zero attached hydrogens (tertiary/aromatic N) is 3. The van der Waals surface area contributed by atoms with Gasteiger partial charge in [0.05, 0.1) is 18.5 Å². The van der Waals surface area contributed by atoms with Crippen molar-refractivity contribution in [3.63, 3.8) is 0 Å². The lowest BCUT2D eigenvalue weighted by molar-refractivity contribution is 0.257. The minimum absolute atomic E-state index is 0.272. The molecule has 0 aliphatic carbocycles. The van der Waals surface area contributed by atoms with Crippen molar-refractivity contribution >= 4 is 46.4 Å². The molecular weight excluding hydrogens is 475 g/mol. The van der Waals surface area contributed by atoms with Gasteiger partial charge in [-0.3, -0.25) is 9.30 Å². The van der Waals surface area contributed by atoms with E-state index in [2.05, 4.69) is 5.32 Å². The molecule has 4 rings (SSSR count). The van der Waals surface area contributed by atoms with Crippen LogP contribution in [0, 0.1) is 0 Å². The van der Waals surface area contributed by atoms with Gasteiger partial charge in [-0.2, -0.15) is 0 Å². The number of fused-ring (bicyclic) bond motifs is 1. The Hall–Kier alpha value is -3.42. The predicted octanol–water partition coefficient (Wildman–Crippen LogP) is 6.46. The molecular formula is C25H24Cl2N4O3. The summed E-state index contributed by atoms with van der Waals surface area (Å²) in [6.07, 6.45) is 2.49. The maximum absolute atomic E-state index is 13.1. The normalized spacial score (nSPS) is 10.9. The number of rotatable bonds is 7. The van der Waals surface area contributed by atoms with Crippen molar-refractivity contribution in [2.45, 2.75) is 20.0 Å². The van der Waals surface area contributed by atoms with Crippen LogP contribution < -0.4 is 19.7 Å². The Kier molecular flexibility index (Phi) is 7.14. The first-order valence-corrected chi connectivity index (χ1v) is 11.4. The van der Waals surface area contributed by atoms with Gasteiger partial charge in [0, 0.05) is 23.3 Å². The molecule has 0 atom stereocenters. The van der Waals surface area contributed by atoms with Crippen molar-refractivity contribution in [3.05, 3.63) is 82.1 Å². The first-order valence-electron chi connectivity index (χ1n) is 10.7. The Morgan fingerprint density at radius 1 is 1.09 bits per heavy atom. The molecule has 0 bridgehead atoms. The van der Waals surface area contributed by atoms with Gasteiger partial charge >= 0.3 is 6.03 Å². The molecule has 0 saturated heterocycles. The van der Waals surface area contributed by atoms with E-state index in [4.69, 9.17) is 37.7 Å². The standard InChI is InChI=1S/C25H24Cl2N4O3/c1-4-19-24(30(2)25(32)29-20-8-5-6-9-21(20)33-3)31-11-7-10-22(23(31)28-19)34-15-16-12-17(26)14-18(27)13-16/h5-14H,4,15H2,1-3H3,(H,29,32). The SMILES string of the molecule is CCc1nc2c(OCc3cc(Cl)cc(Cl)c3)cccn2c1N(C)C(=O)Nc1ccccc1OC. The molecule has 4 aromatic rings. The summed E-state index contributed by atoms with van der Waals surface area (Å²) in [5.74, 6) is 1.81. The zero-order valence-electron chi connectivity index (χ0n) is 19.0. The number of methoxy groups -OCH3 is 1. The fourth-order valence-corrected chi connectivity index (χ4v) is 4.25. The molecule has 0 spiro atoms. The third kappa shape index (κ3) is 4.90. The van der Waals surface area contributed by atoms with Gasteiger partial charge in [-0.05, 0) is 54.4 Å². The van der Waals surface area contributed by atoms with Crippen LogP contribution in [0.3, 0.4) is 0 Å². The van der Waals surface area contributed by atoms with E-state index in [9.17, 15) is 4.79 Å². The number of halogens is 2. The minimum Gasteiger partial charge on any atom is -0.495 e. The van der Waals surface area contributed by atoms with Gasteiger partial charge in [0.25, 0.3) is 0 Å². The van der Waals surface area contributed by atoms with Crippen LogP contribution in [0.15, 0.2) is 60.8 Å². The summed E-state index contributed by atoms with van der Waals surface area (Å²) in [5.41, 5.74) is 2.80. The predicted molar refractivity (Wildman–Crippen MR) is 136 cm³/mol. The number of benzene rings is 2. The summed E-state index contributed by atoms with van der Waals surface area (Å²) in [4.78, 5) is 19.4. The van der Waals surface area contributed by atoms with Gasteiger partial charge < -0.3 is 14.8 Å². The van der Waals surface area contributed by atoms with Gasteiger partial charge in [0.1, 0.15) is 18.2 Å². The fourth-order valence-electron chi connectivity index (χ4n) is 3.68. The largest absolute Gasteiger partial charge is 0.495 e. The smallest absolute Gasteiger partial charge is 0.327 e. The Morgan fingerprint density at radius 2 is 1.79 bits per heavy atom. The number of imidazole rings is 1. The number of hydrogen-bond acceptors (Lipinski definition) is 4. The highest BCUT2D eigenvalue weighted by atomic mass is 35.5. The Labute approximate surface area is 207 Å². The summed E-state index contributed by atoms with van der Waals surface area (Å²) in [5, 5.41) is 3.99. The number of carbonyl (C=O) groups is 1. The summed E-state index contributed by atoms with van der Waals surface area (Å²) in [6, 6.07) is 15.9. The lowest BCUT2D eigenvalue weighted by Crippen LogP contribution is -2.32. The molecule has 0 aliphatic rings. The molecule has 0 saturated carbocycles. The summed E-state index contributed by atoms with van der Waals surface area (Å²) in [6.45, 7) is 2.26. The number of pyridine rings is 1. The Morgan fingerprint density at radius 3 is 2.50 bits per heavy atom. The number of amides is 2. The Balaban J connectivity index is 1.63. The second kappa shape index (κ2) is 10.2. The molecule has 7 nitrogen and oxygen atoms in total. The molecule has 0 aliphatic heterocycles. The van der Waals surface area contributed by atoms with Crippen LogP contribution in [-0.4, -0.2) is 29.6 Å². The van der Waals surface area contributed by atoms with Crippen molar-refractivity contribution in [2.24, 2.45) is 0 Å². The number of carbonyl (C=O) groups excluding carboxylic acids is 1. The number of anilines is 2. The minimum atomic E-state index is -0.319. The molecule has 2 aromatic heterocycles. The van der Waals surface area contributed by atoms with Gasteiger partial charge in [-0.1, -0.05) is 42.3 Å².